The fraction of sp³-hybridized carbons (Fsp3) is 0.417. The van der Waals surface area contributed by atoms with Crippen molar-refractivity contribution in [2.45, 2.75) is 18.9 Å². The van der Waals surface area contributed by atoms with Gasteiger partial charge < -0.3 is 10.0 Å². The van der Waals surface area contributed by atoms with Crippen molar-refractivity contribution < 1.29 is 14.7 Å². The third kappa shape index (κ3) is 2.13. The van der Waals surface area contributed by atoms with Crippen molar-refractivity contribution in [2.75, 3.05) is 7.05 Å². The number of likely N-dealkylation sites (tertiary alicyclic amines) is 1. The first-order chi connectivity index (χ1) is 8.11. The number of aromatic nitrogens is 1. The van der Waals surface area contributed by atoms with Crippen LogP contribution in [-0.4, -0.2) is 33.9 Å². The highest BCUT2D eigenvalue weighted by atomic mass is 16.4. The van der Waals surface area contributed by atoms with Crippen LogP contribution >= 0.6 is 0 Å². The van der Waals surface area contributed by atoms with Crippen molar-refractivity contribution in [3.05, 3.63) is 30.1 Å². The number of nitrogens with zero attached hydrogens (tertiary/aromatic N) is 2. The van der Waals surface area contributed by atoms with Gasteiger partial charge in [-0.25, -0.2) is 0 Å². The Labute approximate surface area is 99.1 Å². The van der Waals surface area contributed by atoms with Gasteiger partial charge in [0.25, 0.3) is 0 Å². The van der Waals surface area contributed by atoms with E-state index in [1.807, 2.05) is 6.07 Å². The molecule has 0 aliphatic carbocycles. The maximum absolute atomic E-state index is 11.7. The third-order valence-corrected chi connectivity index (χ3v) is 3.20. The second-order valence-electron chi connectivity index (χ2n) is 4.22. The number of hydrogen-bond donors (Lipinski definition) is 1. The summed E-state index contributed by atoms with van der Waals surface area (Å²) in [4.78, 5) is 28.4. The van der Waals surface area contributed by atoms with E-state index in [1.165, 1.54) is 4.90 Å². The highest BCUT2D eigenvalue weighted by molar-refractivity contribution is 5.81. The zero-order valence-corrected chi connectivity index (χ0v) is 9.54. The van der Waals surface area contributed by atoms with Crippen LogP contribution < -0.4 is 0 Å². The van der Waals surface area contributed by atoms with Gasteiger partial charge >= 0.3 is 5.97 Å². The molecule has 2 atom stereocenters. The van der Waals surface area contributed by atoms with Crippen LogP contribution in [0.5, 0.6) is 0 Å². The first-order valence-corrected chi connectivity index (χ1v) is 5.49. The van der Waals surface area contributed by atoms with Crippen LogP contribution in [0.2, 0.25) is 0 Å². The standard InChI is InChI=1S/C12H14N2O3/c1-14-10(15)5-4-9(12(16)17)11(14)8-3-2-6-13-7-8/h2-3,6-7,9,11H,4-5H2,1H3,(H,16,17)/t9-,11+/m1/s1. The van der Waals surface area contributed by atoms with Gasteiger partial charge in [0.05, 0.1) is 12.0 Å². The summed E-state index contributed by atoms with van der Waals surface area (Å²) in [6.45, 7) is 0. The monoisotopic (exact) mass is 234 g/mol. The van der Waals surface area contributed by atoms with E-state index in [0.717, 1.165) is 5.56 Å². The Morgan fingerprint density at radius 1 is 1.59 bits per heavy atom. The van der Waals surface area contributed by atoms with Gasteiger partial charge in [-0.15, -0.1) is 0 Å². The molecule has 0 unspecified atom stereocenters. The van der Waals surface area contributed by atoms with Crippen LogP contribution in [0.3, 0.4) is 0 Å². The fourth-order valence-electron chi connectivity index (χ4n) is 2.30. The molecule has 2 rings (SSSR count). The second kappa shape index (κ2) is 4.53. The molecule has 1 aliphatic rings. The summed E-state index contributed by atoms with van der Waals surface area (Å²) < 4.78 is 0. The van der Waals surface area contributed by atoms with E-state index in [9.17, 15) is 14.7 Å². The predicted octanol–water partition coefficient (Wildman–Crippen LogP) is 1.08. The molecule has 1 N–H and O–H groups in total. The lowest BCUT2D eigenvalue weighted by Crippen LogP contribution is -2.43. The van der Waals surface area contributed by atoms with Gasteiger partial charge in [0.15, 0.2) is 0 Å². The van der Waals surface area contributed by atoms with Crippen molar-refractivity contribution >= 4 is 11.9 Å². The molecule has 0 radical (unpaired) electrons. The van der Waals surface area contributed by atoms with E-state index in [-0.39, 0.29) is 5.91 Å². The minimum Gasteiger partial charge on any atom is -0.481 e. The van der Waals surface area contributed by atoms with Crippen molar-refractivity contribution in [3.63, 3.8) is 0 Å². The highest BCUT2D eigenvalue weighted by Gasteiger charge is 2.38. The lowest BCUT2D eigenvalue weighted by Gasteiger charge is -2.37. The average Bonchev–Trinajstić information content (AvgIpc) is 2.33. The first-order valence-electron chi connectivity index (χ1n) is 5.49. The maximum atomic E-state index is 11.7. The van der Waals surface area contributed by atoms with Gasteiger partial charge in [0, 0.05) is 25.9 Å². The Kier molecular flexibility index (Phi) is 3.08. The summed E-state index contributed by atoms with van der Waals surface area (Å²) in [5, 5.41) is 9.22. The zero-order valence-electron chi connectivity index (χ0n) is 9.54. The van der Waals surface area contributed by atoms with Crippen LogP contribution in [0.25, 0.3) is 0 Å². The van der Waals surface area contributed by atoms with E-state index in [4.69, 9.17) is 0 Å². The molecule has 2 heterocycles. The number of pyridine rings is 1. The molecule has 1 fully saturated rings. The molecule has 0 spiro atoms. The molecule has 1 saturated heterocycles. The Morgan fingerprint density at radius 3 is 2.94 bits per heavy atom. The lowest BCUT2D eigenvalue weighted by molar-refractivity contribution is -0.150. The summed E-state index contributed by atoms with van der Waals surface area (Å²) in [5.74, 6) is -1.43. The number of aliphatic carboxylic acids is 1. The van der Waals surface area contributed by atoms with Gasteiger partial charge in [-0.05, 0) is 18.1 Å². The summed E-state index contributed by atoms with van der Waals surface area (Å²) >= 11 is 0. The Morgan fingerprint density at radius 2 is 2.35 bits per heavy atom. The summed E-state index contributed by atoms with van der Waals surface area (Å²) in [6.07, 6.45) is 3.93. The molecule has 1 aliphatic heterocycles. The van der Waals surface area contributed by atoms with Crippen molar-refractivity contribution in [1.82, 2.24) is 9.88 Å². The first kappa shape index (κ1) is 11.6. The number of amides is 1. The van der Waals surface area contributed by atoms with Crippen LogP contribution in [0.4, 0.5) is 0 Å². The van der Waals surface area contributed by atoms with E-state index in [1.54, 1.807) is 25.5 Å². The third-order valence-electron chi connectivity index (χ3n) is 3.20. The van der Waals surface area contributed by atoms with E-state index in [0.29, 0.717) is 12.8 Å². The normalized spacial score (nSPS) is 24.8. The minimum atomic E-state index is -0.863. The van der Waals surface area contributed by atoms with Gasteiger partial charge in [0.1, 0.15) is 0 Å². The van der Waals surface area contributed by atoms with Crippen molar-refractivity contribution in [3.8, 4) is 0 Å². The Balaban J connectivity index is 2.37. The largest absolute Gasteiger partial charge is 0.481 e. The van der Waals surface area contributed by atoms with Crippen LogP contribution in [0.1, 0.15) is 24.4 Å². The van der Waals surface area contributed by atoms with Gasteiger partial charge in [-0.3, -0.25) is 14.6 Å². The lowest BCUT2D eigenvalue weighted by atomic mass is 9.85. The molecule has 0 aromatic carbocycles. The predicted molar refractivity (Wildman–Crippen MR) is 60.1 cm³/mol. The SMILES string of the molecule is CN1C(=O)CC[C@@H](C(=O)O)[C@@H]1c1cccnc1. The Bertz CT molecular complexity index is 433. The summed E-state index contributed by atoms with van der Waals surface area (Å²) in [6, 6.07) is 3.14. The molecular weight excluding hydrogens is 220 g/mol. The topological polar surface area (TPSA) is 70.5 Å². The van der Waals surface area contributed by atoms with E-state index >= 15 is 0 Å². The van der Waals surface area contributed by atoms with Crippen molar-refractivity contribution in [2.24, 2.45) is 5.92 Å². The van der Waals surface area contributed by atoms with E-state index in [2.05, 4.69) is 4.98 Å². The number of piperidine rings is 1. The van der Waals surface area contributed by atoms with Gasteiger partial charge in [-0.2, -0.15) is 0 Å². The second-order valence-corrected chi connectivity index (χ2v) is 4.22. The number of carboxylic acid groups (broad SMARTS) is 1. The number of carbonyl (C=O) groups is 2. The van der Waals surface area contributed by atoms with Crippen molar-refractivity contribution in [1.29, 1.82) is 0 Å². The fourth-order valence-corrected chi connectivity index (χ4v) is 2.30. The summed E-state index contributed by atoms with van der Waals surface area (Å²) in [7, 11) is 1.65. The number of carbonyl (C=O) groups excluding carboxylic acids is 1. The molecule has 1 amide bonds. The minimum absolute atomic E-state index is 0.0173. The zero-order chi connectivity index (χ0) is 12.4. The molecule has 0 saturated carbocycles. The van der Waals surface area contributed by atoms with Crippen LogP contribution in [-0.2, 0) is 9.59 Å². The quantitative estimate of drug-likeness (QED) is 0.831. The number of carboxylic acids is 1. The van der Waals surface area contributed by atoms with Crippen LogP contribution in [0, 0.1) is 5.92 Å². The molecular formula is C12H14N2O3. The molecule has 1 aromatic rings. The van der Waals surface area contributed by atoms with Gasteiger partial charge in [-0.1, -0.05) is 6.07 Å². The maximum Gasteiger partial charge on any atom is 0.308 e. The van der Waals surface area contributed by atoms with Crippen LogP contribution in [0.15, 0.2) is 24.5 Å². The molecule has 0 bridgehead atoms. The van der Waals surface area contributed by atoms with Gasteiger partial charge in [0.2, 0.25) is 5.91 Å². The van der Waals surface area contributed by atoms with E-state index < -0.39 is 17.9 Å². The molecule has 5 heteroatoms. The molecule has 17 heavy (non-hydrogen) atoms. The average molecular weight is 234 g/mol. The molecule has 1 aromatic heterocycles. The smallest absolute Gasteiger partial charge is 0.308 e. The highest BCUT2D eigenvalue weighted by Crippen LogP contribution is 2.35. The molecule has 5 nitrogen and oxygen atoms in total. The molecule has 90 valence electrons. The number of hydrogen-bond acceptors (Lipinski definition) is 3. The summed E-state index contributed by atoms with van der Waals surface area (Å²) in [5.41, 5.74) is 0.774. The Hall–Kier alpha value is -1.91. The number of rotatable bonds is 2.